The number of carbonyl (C=O) groups is 4. The van der Waals surface area contributed by atoms with Gasteiger partial charge in [0.25, 0.3) is 5.91 Å². The van der Waals surface area contributed by atoms with Gasteiger partial charge in [0, 0.05) is 19.5 Å². The van der Waals surface area contributed by atoms with Crippen LogP contribution in [0.5, 0.6) is 23.0 Å². The molecule has 4 amide bonds. The third-order valence-corrected chi connectivity index (χ3v) is 7.85. The molecular formula is C37H45FN4O7. The van der Waals surface area contributed by atoms with Crippen LogP contribution >= 0.6 is 0 Å². The first-order valence-electron chi connectivity index (χ1n) is 16.4. The maximum atomic E-state index is 14.1. The van der Waals surface area contributed by atoms with Crippen molar-refractivity contribution in [1.29, 1.82) is 0 Å². The van der Waals surface area contributed by atoms with Crippen LogP contribution in [-0.2, 0) is 14.4 Å². The lowest BCUT2D eigenvalue weighted by molar-refractivity contribution is -0.136. The van der Waals surface area contributed by atoms with Gasteiger partial charge < -0.3 is 35.1 Å². The number of halogens is 1. The van der Waals surface area contributed by atoms with Gasteiger partial charge >= 0.3 is 0 Å². The highest BCUT2D eigenvalue weighted by Gasteiger charge is 2.29. The Morgan fingerprint density at radius 2 is 1.76 bits per heavy atom. The monoisotopic (exact) mass is 676 g/mol. The van der Waals surface area contributed by atoms with E-state index >= 15 is 0 Å². The van der Waals surface area contributed by atoms with E-state index in [0.717, 1.165) is 5.56 Å². The van der Waals surface area contributed by atoms with Crippen LogP contribution in [-0.4, -0.2) is 73.5 Å². The predicted octanol–water partition coefficient (Wildman–Crippen LogP) is 4.77. The highest BCUT2D eigenvalue weighted by molar-refractivity contribution is 6.00. The van der Waals surface area contributed by atoms with Gasteiger partial charge in [0.15, 0.2) is 11.5 Å². The van der Waals surface area contributed by atoms with Crippen molar-refractivity contribution in [3.63, 3.8) is 0 Å². The Hall–Kier alpha value is -5.13. The molecule has 12 heteroatoms. The Labute approximate surface area is 286 Å². The molecule has 3 N–H and O–H groups in total. The van der Waals surface area contributed by atoms with E-state index < -0.39 is 41.7 Å². The summed E-state index contributed by atoms with van der Waals surface area (Å²) in [6.07, 6.45) is 0.274. The fourth-order valence-corrected chi connectivity index (χ4v) is 5.20. The molecule has 3 atom stereocenters. The minimum absolute atomic E-state index is 0.00797. The zero-order valence-corrected chi connectivity index (χ0v) is 28.6. The summed E-state index contributed by atoms with van der Waals surface area (Å²) in [6, 6.07) is 15.4. The number of hydrogen-bond acceptors (Lipinski definition) is 7. The van der Waals surface area contributed by atoms with Gasteiger partial charge in [-0.2, -0.15) is 0 Å². The molecule has 262 valence electrons. The highest BCUT2D eigenvalue weighted by atomic mass is 19.1. The topological polar surface area (TPSA) is 135 Å². The molecule has 0 aromatic heterocycles. The summed E-state index contributed by atoms with van der Waals surface area (Å²) >= 11 is 0. The van der Waals surface area contributed by atoms with Crippen molar-refractivity contribution in [2.24, 2.45) is 5.92 Å². The second-order valence-corrected chi connectivity index (χ2v) is 12.6. The van der Waals surface area contributed by atoms with Gasteiger partial charge in [0.05, 0.1) is 18.2 Å². The van der Waals surface area contributed by atoms with E-state index in [2.05, 4.69) is 16.0 Å². The van der Waals surface area contributed by atoms with Gasteiger partial charge in [0.1, 0.15) is 42.6 Å². The molecule has 0 aliphatic carbocycles. The third kappa shape index (κ3) is 10.9. The van der Waals surface area contributed by atoms with Crippen molar-refractivity contribution in [3.8, 4) is 23.0 Å². The van der Waals surface area contributed by atoms with E-state index in [0.29, 0.717) is 17.9 Å². The van der Waals surface area contributed by atoms with Crippen LogP contribution in [0.15, 0.2) is 66.7 Å². The molecule has 49 heavy (non-hydrogen) atoms. The van der Waals surface area contributed by atoms with Gasteiger partial charge in [-0.05, 0) is 69.0 Å². The van der Waals surface area contributed by atoms with E-state index in [4.69, 9.17) is 14.2 Å². The molecule has 0 bridgehead atoms. The van der Waals surface area contributed by atoms with Crippen molar-refractivity contribution in [2.75, 3.05) is 26.8 Å². The van der Waals surface area contributed by atoms with Crippen molar-refractivity contribution in [2.45, 2.75) is 65.1 Å². The summed E-state index contributed by atoms with van der Waals surface area (Å²) in [4.78, 5) is 54.9. The first-order chi connectivity index (χ1) is 23.4. The van der Waals surface area contributed by atoms with Gasteiger partial charge in [-0.3, -0.25) is 19.2 Å². The number of fused-ring (bicyclic) bond motifs is 1. The van der Waals surface area contributed by atoms with Crippen LogP contribution in [0, 0.1) is 18.7 Å². The largest absolute Gasteiger partial charge is 0.491 e. The molecule has 11 nitrogen and oxygen atoms in total. The zero-order chi connectivity index (χ0) is 35.5. The summed E-state index contributed by atoms with van der Waals surface area (Å²) in [6.45, 7) is 7.92. The number of benzene rings is 3. The van der Waals surface area contributed by atoms with E-state index in [9.17, 15) is 23.6 Å². The maximum absolute atomic E-state index is 14.1. The number of nitrogens with zero attached hydrogens (tertiary/aromatic N) is 1. The SMILES string of the molecule is Cc1ccc(Oc2cc(F)ccc2OC[C@@H](C)NC(=O)[C@@H]2CCC(=O)N[C@H](CC(C)C)C(=O)N(C)CCOc3ccccc3C(=O)N2)cc1. The summed E-state index contributed by atoms with van der Waals surface area (Å²) in [5.74, 6) is -0.879. The molecule has 3 aromatic rings. The van der Waals surface area contributed by atoms with E-state index in [1.807, 2.05) is 32.9 Å². The molecular weight excluding hydrogens is 631 g/mol. The number of carbonyl (C=O) groups excluding carboxylic acids is 4. The molecule has 0 fully saturated rings. The smallest absolute Gasteiger partial charge is 0.255 e. The normalized spacial score (nSPS) is 18.2. The molecule has 0 radical (unpaired) electrons. The van der Waals surface area contributed by atoms with Crippen molar-refractivity contribution < 1.29 is 37.8 Å². The fraction of sp³-hybridized carbons (Fsp3) is 0.405. The number of ether oxygens (including phenoxy) is 3. The Morgan fingerprint density at radius 1 is 1.02 bits per heavy atom. The Kier molecular flexibility index (Phi) is 13.0. The van der Waals surface area contributed by atoms with Crippen LogP contribution in [0.4, 0.5) is 4.39 Å². The average molecular weight is 677 g/mol. The number of rotatable bonds is 9. The van der Waals surface area contributed by atoms with Crippen LogP contribution in [0.3, 0.4) is 0 Å². The zero-order valence-electron chi connectivity index (χ0n) is 28.6. The molecule has 1 aliphatic rings. The lowest BCUT2D eigenvalue weighted by Crippen LogP contribution is -2.51. The van der Waals surface area contributed by atoms with E-state index in [1.54, 1.807) is 50.4 Å². The molecule has 3 aromatic carbocycles. The lowest BCUT2D eigenvalue weighted by atomic mass is 10.0. The number of likely N-dealkylation sites (N-methyl/N-ethyl adjacent to an activating group) is 1. The Morgan fingerprint density at radius 3 is 2.49 bits per heavy atom. The molecule has 1 aliphatic heterocycles. The van der Waals surface area contributed by atoms with Crippen LogP contribution in [0.1, 0.15) is 56.0 Å². The minimum Gasteiger partial charge on any atom is -0.491 e. The highest BCUT2D eigenvalue weighted by Crippen LogP contribution is 2.32. The molecule has 4 rings (SSSR count). The fourth-order valence-electron chi connectivity index (χ4n) is 5.20. The number of para-hydroxylation sites is 1. The summed E-state index contributed by atoms with van der Waals surface area (Å²) in [7, 11) is 1.64. The van der Waals surface area contributed by atoms with Gasteiger partial charge in [-0.15, -0.1) is 0 Å². The van der Waals surface area contributed by atoms with Crippen LogP contribution in [0.2, 0.25) is 0 Å². The standard InChI is InChI=1S/C37H45FN4O7/c1-23(2)20-30-37(46)42(5)18-19-47-31-9-7-6-8-28(31)35(44)41-29(15-17-34(43)40-30)36(45)39-25(4)22-48-32-16-12-26(38)21-33(32)49-27-13-10-24(3)11-14-27/h6-14,16,21,23,25,29-30H,15,17-20,22H2,1-5H3,(H,39,45)(H,40,43)(H,41,44)/t25-,29+,30-/m1/s1. The van der Waals surface area contributed by atoms with Crippen molar-refractivity contribution in [3.05, 3.63) is 83.7 Å². The quantitative estimate of drug-likeness (QED) is 0.297. The van der Waals surface area contributed by atoms with Gasteiger partial charge in [0.2, 0.25) is 17.7 Å². The molecule has 0 saturated heterocycles. The number of aryl methyl sites for hydroxylation is 1. The lowest BCUT2D eigenvalue weighted by Gasteiger charge is -2.26. The average Bonchev–Trinajstić information content (AvgIpc) is 3.06. The van der Waals surface area contributed by atoms with Crippen LogP contribution < -0.4 is 30.2 Å². The maximum Gasteiger partial charge on any atom is 0.255 e. The summed E-state index contributed by atoms with van der Waals surface area (Å²) in [5, 5.41) is 8.42. The first kappa shape index (κ1) is 36.7. The van der Waals surface area contributed by atoms with Gasteiger partial charge in [-0.1, -0.05) is 43.7 Å². The van der Waals surface area contributed by atoms with Crippen LogP contribution in [0.25, 0.3) is 0 Å². The van der Waals surface area contributed by atoms with Gasteiger partial charge in [-0.25, -0.2) is 4.39 Å². The molecule has 0 unspecified atom stereocenters. The van der Waals surface area contributed by atoms with Crippen molar-refractivity contribution >= 4 is 23.6 Å². The molecule has 0 spiro atoms. The number of amides is 4. The summed E-state index contributed by atoms with van der Waals surface area (Å²) in [5.41, 5.74) is 1.25. The second kappa shape index (κ2) is 17.3. The van der Waals surface area contributed by atoms with E-state index in [1.165, 1.54) is 23.1 Å². The molecule has 1 heterocycles. The van der Waals surface area contributed by atoms with E-state index in [-0.39, 0.29) is 61.5 Å². The molecule has 0 saturated carbocycles. The first-order valence-corrected chi connectivity index (χ1v) is 16.4. The summed E-state index contributed by atoms with van der Waals surface area (Å²) < 4.78 is 31.8. The minimum atomic E-state index is -1.10. The third-order valence-electron chi connectivity index (χ3n) is 7.85. The predicted molar refractivity (Wildman–Crippen MR) is 182 cm³/mol. The Balaban J connectivity index is 1.48. The number of nitrogens with one attached hydrogen (secondary N) is 3. The van der Waals surface area contributed by atoms with Crippen molar-refractivity contribution in [1.82, 2.24) is 20.9 Å². The number of hydrogen-bond donors (Lipinski definition) is 3. The Bertz CT molecular complexity index is 1610. The second-order valence-electron chi connectivity index (χ2n) is 12.6.